The molecule has 82 valence electrons. The molecule has 0 aliphatic carbocycles. The van der Waals surface area contributed by atoms with Crippen molar-refractivity contribution in [2.75, 3.05) is 12.9 Å². The highest BCUT2D eigenvalue weighted by Crippen LogP contribution is 2.07. The van der Waals surface area contributed by atoms with E-state index in [1.807, 2.05) is 19.3 Å². The van der Waals surface area contributed by atoms with Crippen molar-refractivity contribution in [3.63, 3.8) is 0 Å². The molecule has 1 aromatic heterocycles. The van der Waals surface area contributed by atoms with Crippen molar-refractivity contribution in [1.29, 1.82) is 0 Å². The van der Waals surface area contributed by atoms with Crippen LogP contribution >= 0.6 is 11.8 Å². The Morgan fingerprint density at radius 1 is 1.67 bits per heavy atom. The predicted octanol–water partition coefficient (Wildman–Crippen LogP) is 0.514. The van der Waals surface area contributed by atoms with Crippen molar-refractivity contribution in [3.8, 4) is 0 Å². The number of nitrogens with zero attached hydrogens (tertiary/aromatic N) is 4. The van der Waals surface area contributed by atoms with Crippen LogP contribution in [-0.4, -0.2) is 39.0 Å². The van der Waals surface area contributed by atoms with E-state index in [2.05, 4.69) is 15.5 Å². The molecule has 1 heterocycles. The second-order valence-corrected chi connectivity index (χ2v) is 3.35. The van der Waals surface area contributed by atoms with Gasteiger partial charge in [0.05, 0.1) is 0 Å². The Kier molecular flexibility index (Phi) is 4.82. The number of hydrogen-bond donors (Lipinski definition) is 0. The first kappa shape index (κ1) is 11.7. The number of allylic oxidation sites excluding steroid dienone is 1. The fraction of sp³-hybridized carbons (Fsp3) is 0.500. The molecule has 1 rings (SSSR count). The highest BCUT2D eigenvalue weighted by molar-refractivity contribution is 7.98. The Balaban J connectivity index is 2.44. The molecule has 15 heavy (non-hydrogen) atoms. The summed E-state index contributed by atoms with van der Waals surface area (Å²) in [6.45, 7) is 2.19. The first-order valence-electron chi connectivity index (χ1n) is 4.35. The summed E-state index contributed by atoms with van der Waals surface area (Å²) in [6, 6.07) is 0. The molecular formula is C8H12N4O2S. The molecule has 0 aliphatic rings. The van der Waals surface area contributed by atoms with Crippen LogP contribution in [0.25, 0.3) is 0 Å². The molecule has 0 N–H and O–H groups in total. The van der Waals surface area contributed by atoms with Gasteiger partial charge >= 0.3 is 5.97 Å². The third-order valence-electron chi connectivity index (χ3n) is 1.54. The number of hydrogen-bond acceptors (Lipinski definition) is 6. The number of carbonyl (C=O) groups is 1. The van der Waals surface area contributed by atoms with Crippen LogP contribution in [0.1, 0.15) is 6.92 Å². The van der Waals surface area contributed by atoms with Crippen molar-refractivity contribution >= 4 is 17.7 Å². The Hall–Kier alpha value is -1.37. The van der Waals surface area contributed by atoms with Gasteiger partial charge in [0.25, 0.3) is 0 Å². The Bertz CT molecular complexity index is 350. The summed E-state index contributed by atoms with van der Waals surface area (Å²) in [7, 11) is 0. The van der Waals surface area contributed by atoms with Crippen LogP contribution in [0.4, 0.5) is 0 Å². The maximum absolute atomic E-state index is 11.3. The van der Waals surface area contributed by atoms with Crippen LogP contribution in [-0.2, 0) is 16.1 Å². The van der Waals surface area contributed by atoms with E-state index in [4.69, 9.17) is 4.74 Å². The van der Waals surface area contributed by atoms with Gasteiger partial charge in [-0.25, -0.2) is 4.68 Å². The van der Waals surface area contributed by atoms with Gasteiger partial charge in [0, 0.05) is 0 Å². The number of ether oxygens (including phenoxy) is 1. The van der Waals surface area contributed by atoms with E-state index in [-0.39, 0.29) is 19.1 Å². The Morgan fingerprint density at radius 3 is 3.13 bits per heavy atom. The van der Waals surface area contributed by atoms with Gasteiger partial charge < -0.3 is 4.74 Å². The van der Waals surface area contributed by atoms with Gasteiger partial charge in [0.1, 0.15) is 13.2 Å². The normalized spacial score (nSPS) is 10.8. The molecule has 0 spiro atoms. The summed E-state index contributed by atoms with van der Waals surface area (Å²) < 4.78 is 6.31. The van der Waals surface area contributed by atoms with E-state index < -0.39 is 0 Å². The zero-order chi connectivity index (χ0) is 11.1. The molecule has 0 unspecified atom stereocenters. The summed E-state index contributed by atoms with van der Waals surface area (Å²) in [5, 5.41) is 11.5. The fourth-order valence-corrected chi connectivity index (χ4v) is 1.28. The van der Waals surface area contributed by atoms with Crippen molar-refractivity contribution in [2.45, 2.75) is 18.6 Å². The Labute approximate surface area is 91.7 Å². The third kappa shape index (κ3) is 3.70. The van der Waals surface area contributed by atoms with Gasteiger partial charge in [-0.05, 0) is 23.6 Å². The average Bonchev–Trinajstić information content (AvgIpc) is 2.65. The van der Waals surface area contributed by atoms with Crippen LogP contribution < -0.4 is 0 Å². The summed E-state index contributed by atoms with van der Waals surface area (Å²) in [5.74, 6) is -0.351. The van der Waals surface area contributed by atoms with Gasteiger partial charge in [-0.2, -0.15) is 0 Å². The number of esters is 1. The van der Waals surface area contributed by atoms with E-state index in [0.29, 0.717) is 5.16 Å². The molecule has 0 bridgehead atoms. The standard InChI is InChI=1S/C8H12N4O2S/c1-3-4-5-14-7(13)6-12-8(15-2)9-10-11-12/h3-4H,5-6H2,1-2H3. The van der Waals surface area contributed by atoms with E-state index >= 15 is 0 Å². The number of thioether (sulfide) groups is 1. The SMILES string of the molecule is CC=CCOC(=O)Cn1nnnc1SC. The zero-order valence-electron chi connectivity index (χ0n) is 8.58. The summed E-state index contributed by atoms with van der Waals surface area (Å²) in [4.78, 5) is 11.3. The maximum atomic E-state index is 11.3. The van der Waals surface area contributed by atoms with E-state index in [1.165, 1.54) is 16.4 Å². The van der Waals surface area contributed by atoms with E-state index in [0.717, 1.165) is 0 Å². The summed E-state index contributed by atoms with van der Waals surface area (Å²) >= 11 is 1.38. The molecule has 0 saturated heterocycles. The minimum Gasteiger partial charge on any atom is -0.460 e. The third-order valence-corrected chi connectivity index (χ3v) is 2.19. The van der Waals surface area contributed by atoms with Gasteiger partial charge in [-0.1, -0.05) is 23.9 Å². The Morgan fingerprint density at radius 2 is 2.47 bits per heavy atom. The molecule has 0 radical (unpaired) electrons. The monoisotopic (exact) mass is 228 g/mol. The minimum atomic E-state index is -0.351. The van der Waals surface area contributed by atoms with Gasteiger partial charge in [-0.3, -0.25) is 4.79 Å². The van der Waals surface area contributed by atoms with Crippen molar-refractivity contribution in [3.05, 3.63) is 12.2 Å². The van der Waals surface area contributed by atoms with Crippen LogP contribution in [0, 0.1) is 0 Å². The van der Waals surface area contributed by atoms with Crippen LogP contribution in [0.15, 0.2) is 17.3 Å². The highest BCUT2D eigenvalue weighted by Gasteiger charge is 2.09. The summed E-state index contributed by atoms with van der Waals surface area (Å²) in [5.41, 5.74) is 0. The van der Waals surface area contributed by atoms with Gasteiger partial charge in [0.2, 0.25) is 5.16 Å². The predicted molar refractivity (Wildman–Crippen MR) is 55.4 cm³/mol. The highest BCUT2D eigenvalue weighted by atomic mass is 32.2. The van der Waals surface area contributed by atoms with Crippen LogP contribution in [0.3, 0.4) is 0 Å². The molecule has 6 nitrogen and oxygen atoms in total. The molecule has 1 aromatic rings. The zero-order valence-corrected chi connectivity index (χ0v) is 9.40. The number of carbonyl (C=O) groups excluding carboxylic acids is 1. The lowest BCUT2D eigenvalue weighted by atomic mass is 10.5. The van der Waals surface area contributed by atoms with Crippen molar-refractivity contribution in [1.82, 2.24) is 20.2 Å². The molecular weight excluding hydrogens is 216 g/mol. The molecule has 0 amide bonds. The first-order chi connectivity index (χ1) is 7.27. The largest absolute Gasteiger partial charge is 0.460 e. The second kappa shape index (κ2) is 6.18. The molecule has 0 atom stereocenters. The molecule has 7 heteroatoms. The van der Waals surface area contributed by atoms with Crippen molar-refractivity contribution in [2.24, 2.45) is 0 Å². The maximum Gasteiger partial charge on any atom is 0.328 e. The van der Waals surface area contributed by atoms with Crippen molar-refractivity contribution < 1.29 is 9.53 Å². The summed E-state index contributed by atoms with van der Waals surface area (Å²) in [6.07, 6.45) is 5.41. The number of rotatable bonds is 5. The second-order valence-electron chi connectivity index (χ2n) is 2.58. The van der Waals surface area contributed by atoms with Gasteiger partial charge in [0.15, 0.2) is 0 Å². The first-order valence-corrected chi connectivity index (χ1v) is 5.57. The molecule has 0 saturated carbocycles. The number of tetrazole rings is 1. The smallest absolute Gasteiger partial charge is 0.328 e. The van der Waals surface area contributed by atoms with Crippen LogP contribution in [0.5, 0.6) is 0 Å². The van der Waals surface area contributed by atoms with Gasteiger partial charge in [-0.15, -0.1) is 5.10 Å². The lowest BCUT2D eigenvalue weighted by molar-refractivity contribution is -0.143. The topological polar surface area (TPSA) is 69.9 Å². The quantitative estimate of drug-likeness (QED) is 0.415. The lowest BCUT2D eigenvalue weighted by Gasteiger charge is -2.02. The lowest BCUT2D eigenvalue weighted by Crippen LogP contribution is -2.15. The van der Waals surface area contributed by atoms with Crippen LogP contribution in [0.2, 0.25) is 0 Å². The van der Waals surface area contributed by atoms with E-state index in [1.54, 1.807) is 6.08 Å². The molecule has 0 aromatic carbocycles. The minimum absolute atomic E-state index is 0.0424. The molecule has 0 fully saturated rings. The molecule has 0 aliphatic heterocycles. The van der Waals surface area contributed by atoms with E-state index in [9.17, 15) is 4.79 Å². The average molecular weight is 228 g/mol. The number of aromatic nitrogens is 4. The fourth-order valence-electron chi connectivity index (χ4n) is 0.847.